The van der Waals surface area contributed by atoms with Gasteiger partial charge in [-0.15, -0.1) is 0 Å². The first kappa shape index (κ1) is 15.7. The van der Waals surface area contributed by atoms with Crippen molar-refractivity contribution in [1.82, 2.24) is 19.8 Å². The Morgan fingerprint density at radius 1 is 1.22 bits per heavy atom. The van der Waals surface area contributed by atoms with Crippen LogP contribution in [0.1, 0.15) is 25.0 Å². The molecule has 2 aromatic rings. The Bertz CT molecular complexity index is 784. The number of nitrogens with zero attached hydrogens (tertiary/aromatic N) is 3. The van der Waals surface area contributed by atoms with Gasteiger partial charge in [-0.2, -0.15) is 0 Å². The van der Waals surface area contributed by atoms with Crippen molar-refractivity contribution in [2.24, 2.45) is 0 Å². The molecule has 1 aliphatic rings. The number of hydrogen-bond acceptors (Lipinski definition) is 4. The average molecular weight is 314 g/mol. The van der Waals surface area contributed by atoms with Crippen LogP contribution < -0.4 is 5.56 Å². The Morgan fingerprint density at radius 3 is 2.74 bits per heavy atom. The molecule has 1 fully saturated rings. The van der Waals surface area contributed by atoms with Crippen molar-refractivity contribution < 1.29 is 4.79 Å². The number of aryl methyl sites for hydroxylation is 1. The lowest BCUT2D eigenvalue weighted by Gasteiger charge is -2.33. The van der Waals surface area contributed by atoms with E-state index in [1.807, 2.05) is 37.1 Å². The monoisotopic (exact) mass is 314 g/mol. The molecule has 23 heavy (non-hydrogen) atoms. The molecule has 6 nitrogen and oxygen atoms in total. The minimum absolute atomic E-state index is 0.0503. The standard InChI is InChI=1S/C17H22N4O2/c1-3-13-8-14-15(19-17(13)23)7-12(9-18-14)10-20-5-6-21(4-2)16(22)11-20/h7-9H,3-6,10-11H2,1-2H3,(H,19,23). The zero-order valence-corrected chi connectivity index (χ0v) is 13.6. The Hall–Kier alpha value is -2.21. The molecule has 0 unspecified atom stereocenters. The normalized spacial score (nSPS) is 16.3. The summed E-state index contributed by atoms with van der Waals surface area (Å²) in [7, 11) is 0. The Kier molecular flexibility index (Phi) is 4.43. The molecule has 6 heteroatoms. The molecule has 1 saturated heterocycles. The number of hydrogen-bond donors (Lipinski definition) is 1. The summed E-state index contributed by atoms with van der Waals surface area (Å²) < 4.78 is 0. The summed E-state index contributed by atoms with van der Waals surface area (Å²) in [5.74, 6) is 0.175. The highest BCUT2D eigenvalue weighted by Gasteiger charge is 2.22. The van der Waals surface area contributed by atoms with Crippen molar-refractivity contribution in [2.45, 2.75) is 26.8 Å². The van der Waals surface area contributed by atoms with E-state index in [1.54, 1.807) is 0 Å². The number of carbonyl (C=O) groups excluding carboxylic acids is 1. The molecule has 1 amide bonds. The van der Waals surface area contributed by atoms with Gasteiger partial charge in [-0.25, -0.2) is 0 Å². The van der Waals surface area contributed by atoms with Crippen LogP contribution >= 0.6 is 0 Å². The fourth-order valence-electron chi connectivity index (χ4n) is 3.00. The van der Waals surface area contributed by atoms with Gasteiger partial charge in [0.2, 0.25) is 5.91 Å². The van der Waals surface area contributed by atoms with Crippen molar-refractivity contribution in [3.05, 3.63) is 39.8 Å². The number of H-pyrrole nitrogens is 1. The SMILES string of the molecule is CCc1cc2ncc(CN3CCN(CC)C(=O)C3)cc2[nH]c1=O. The van der Waals surface area contributed by atoms with Gasteiger partial charge in [0.15, 0.2) is 0 Å². The van der Waals surface area contributed by atoms with Crippen molar-refractivity contribution >= 4 is 16.9 Å². The molecule has 0 atom stereocenters. The second-order valence-corrected chi connectivity index (χ2v) is 5.94. The summed E-state index contributed by atoms with van der Waals surface area (Å²) in [5.41, 5.74) is 3.26. The van der Waals surface area contributed by atoms with Gasteiger partial charge in [0.1, 0.15) is 0 Å². The molecule has 1 aliphatic heterocycles. The highest BCUT2D eigenvalue weighted by Crippen LogP contribution is 2.14. The van der Waals surface area contributed by atoms with Crippen LogP contribution in [0, 0.1) is 0 Å². The smallest absolute Gasteiger partial charge is 0.251 e. The molecule has 3 heterocycles. The van der Waals surface area contributed by atoms with E-state index in [9.17, 15) is 9.59 Å². The predicted octanol–water partition coefficient (Wildman–Crippen LogP) is 1.15. The quantitative estimate of drug-likeness (QED) is 0.919. The Labute approximate surface area is 135 Å². The summed E-state index contributed by atoms with van der Waals surface area (Å²) in [6.07, 6.45) is 2.52. The second kappa shape index (κ2) is 6.50. The summed E-state index contributed by atoms with van der Waals surface area (Å²) in [4.78, 5) is 35.3. The predicted molar refractivity (Wildman–Crippen MR) is 89.3 cm³/mol. The van der Waals surface area contributed by atoms with Gasteiger partial charge in [-0.3, -0.25) is 19.5 Å². The molecule has 0 saturated carbocycles. The third-order valence-electron chi connectivity index (χ3n) is 4.39. The Balaban J connectivity index is 1.79. The number of amides is 1. The minimum Gasteiger partial charge on any atom is -0.341 e. The maximum absolute atomic E-state index is 12.0. The van der Waals surface area contributed by atoms with Crippen LogP contribution in [0.15, 0.2) is 23.1 Å². The minimum atomic E-state index is -0.0503. The molecule has 3 rings (SSSR count). The van der Waals surface area contributed by atoms with Gasteiger partial charge in [0.05, 0.1) is 17.6 Å². The van der Waals surface area contributed by atoms with Crippen LogP contribution in [0.4, 0.5) is 0 Å². The molecule has 1 N–H and O–H groups in total. The number of aromatic amines is 1. The molecule has 0 aliphatic carbocycles. The maximum atomic E-state index is 12.0. The first-order valence-corrected chi connectivity index (χ1v) is 8.11. The van der Waals surface area contributed by atoms with E-state index in [1.165, 1.54) is 0 Å². The topological polar surface area (TPSA) is 69.3 Å². The van der Waals surface area contributed by atoms with E-state index >= 15 is 0 Å². The first-order valence-electron chi connectivity index (χ1n) is 8.11. The van der Waals surface area contributed by atoms with E-state index in [0.717, 1.165) is 41.8 Å². The van der Waals surface area contributed by atoms with Crippen molar-refractivity contribution in [2.75, 3.05) is 26.2 Å². The molecule has 2 aromatic heterocycles. The van der Waals surface area contributed by atoms with E-state index in [4.69, 9.17) is 0 Å². The Morgan fingerprint density at radius 2 is 2.04 bits per heavy atom. The average Bonchev–Trinajstić information content (AvgIpc) is 2.54. The van der Waals surface area contributed by atoms with E-state index in [-0.39, 0.29) is 11.5 Å². The van der Waals surface area contributed by atoms with Gasteiger partial charge in [-0.1, -0.05) is 6.92 Å². The zero-order chi connectivity index (χ0) is 16.4. The molecule has 0 spiro atoms. The lowest BCUT2D eigenvalue weighted by molar-refractivity contribution is -0.135. The maximum Gasteiger partial charge on any atom is 0.251 e. The highest BCUT2D eigenvalue weighted by atomic mass is 16.2. The number of likely N-dealkylation sites (N-methyl/N-ethyl adjacent to an activating group) is 1. The van der Waals surface area contributed by atoms with Gasteiger partial charge < -0.3 is 9.88 Å². The fourth-order valence-corrected chi connectivity index (χ4v) is 3.00. The third-order valence-corrected chi connectivity index (χ3v) is 4.39. The number of aromatic nitrogens is 2. The summed E-state index contributed by atoms with van der Waals surface area (Å²) >= 11 is 0. The van der Waals surface area contributed by atoms with Gasteiger partial charge in [0, 0.05) is 37.9 Å². The van der Waals surface area contributed by atoms with Gasteiger partial charge in [0.25, 0.3) is 5.56 Å². The van der Waals surface area contributed by atoms with Crippen molar-refractivity contribution in [3.63, 3.8) is 0 Å². The van der Waals surface area contributed by atoms with Crippen LogP contribution in [0.5, 0.6) is 0 Å². The molecule has 0 aromatic carbocycles. The van der Waals surface area contributed by atoms with Crippen LogP contribution in [-0.4, -0.2) is 51.9 Å². The largest absolute Gasteiger partial charge is 0.341 e. The molecule has 0 bridgehead atoms. The number of piperazine rings is 1. The highest BCUT2D eigenvalue weighted by molar-refractivity contribution is 5.79. The van der Waals surface area contributed by atoms with Crippen LogP contribution in [-0.2, 0) is 17.8 Å². The number of fused-ring (bicyclic) bond motifs is 1. The summed E-state index contributed by atoms with van der Waals surface area (Å²) in [6.45, 7) is 7.47. The molecule has 0 radical (unpaired) electrons. The number of pyridine rings is 2. The van der Waals surface area contributed by atoms with Crippen LogP contribution in [0.2, 0.25) is 0 Å². The van der Waals surface area contributed by atoms with Gasteiger partial charge in [-0.05, 0) is 31.0 Å². The summed E-state index contributed by atoms with van der Waals surface area (Å²) in [6, 6.07) is 3.81. The molecular formula is C17H22N4O2. The lowest BCUT2D eigenvalue weighted by Crippen LogP contribution is -2.49. The van der Waals surface area contributed by atoms with Crippen LogP contribution in [0.3, 0.4) is 0 Å². The van der Waals surface area contributed by atoms with E-state index in [0.29, 0.717) is 19.5 Å². The number of nitrogens with one attached hydrogen (secondary N) is 1. The number of rotatable bonds is 4. The number of carbonyl (C=O) groups is 1. The zero-order valence-electron chi connectivity index (χ0n) is 13.6. The molecule has 122 valence electrons. The van der Waals surface area contributed by atoms with E-state index in [2.05, 4.69) is 14.9 Å². The molecular weight excluding hydrogens is 292 g/mol. The second-order valence-electron chi connectivity index (χ2n) is 5.94. The van der Waals surface area contributed by atoms with Crippen molar-refractivity contribution in [3.8, 4) is 0 Å². The van der Waals surface area contributed by atoms with E-state index < -0.39 is 0 Å². The fraction of sp³-hybridized carbons (Fsp3) is 0.471. The lowest BCUT2D eigenvalue weighted by atomic mass is 10.1. The third kappa shape index (κ3) is 3.27. The van der Waals surface area contributed by atoms with Crippen LogP contribution in [0.25, 0.3) is 11.0 Å². The summed E-state index contributed by atoms with van der Waals surface area (Å²) in [5, 5.41) is 0. The van der Waals surface area contributed by atoms with Crippen molar-refractivity contribution in [1.29, 1.82) is 0 Å². The van der Waals surface area contributed by atoms with Gasteiger partial charge >= 0.3 is 0 Å². The first-order chi connectivity index (χ1) is 11.1.